The summed E-state index contributed by atoms with van der Waals surface area (Å²) in [6.07, 6.45) is 0.853. The molecule has 0 bridgehead atoms. The maximum Gasteiger partial charge on any atom is 0.285 e. The summed E-state index contributed by atoms with van der Waals surface area (Å²) >= 11 is 0. The molecule has 0 saturated heterocycles. The summed E-state index contributed by atoms with van der Waals surface area (Å²) in [5.74, 6) is -2.83. The lowest BCUT2D eigenvalue weighted by Gasteiger charge is -2.34. The van der Waals surface area contributed by atoms with Gasteiger partial charge in [0.25, 0.3) is 5.92 Å². The van der Waals surface area contributed by atoms with Crippen LogP contribution in [0.1, 0.15) is 32.8 Å². The van der Waals surface area contributed by atoms with Crippen molar-refractivity contribution in [3.63, 3.8) is 0 Å². The van der Waals surface area contributed by atoms with E-state index < -0.39 is 5.92 Å². The van der Waals surface area contributed by atoms with Crippen molar-refractivity contribution in [2.24, 2.45) is 11.1 Å². The first kappa shape index (κ1) is 17.1. The zero-order chi connectivity index (χ0) is 15.2. The first-order chi connectivity index (χ1) is 9.30. The van der Waals surface area contributed by atoms with Crippen molar-refractivity contribution in [3.05, 3.63) is 35.9 Å². The fraction of sp³-hybridized carbons (Fsp3) is 0.625. The number of rotatable bonds is 8. The lowest BCUT2D eigenvalue weighted by molar-refractivity contribution is -0.0442. The van der Waals surface area contributed by atoms with Crippen LogP contribution in [0.25, 0.3) is 0 Å². The third-order valence-corrected chi connectivity index (χ3v) is 3.36. The highest BCUT2D eigenvalue weighted by molar-refractivity contribution is 5.20. The average Bonchev–Trinajstić information content (AvgIpc) is 2.39. The summed E-state index contributed by atoms with van der Waals surface area (Å²) in [6, 6.07) is 8.02. The van der Waals surface area contributed by atoms with E-state index in [0.717, 1.165) is 6.42 Å². The van der Waals surface area contributed by atoms with E-state index in [-0.39, 0.29) is 17.5 Å². The molecule has 0 radical (unpaired) electrons. The fourth-order valence-corrected chi connectivity index (χ4v) is 2.25. The molecule has 0 unspecified atom stereocenters. The molecule has 2 nitrogen and oxygen atoms in total. The molecular weight excluding hydrogens is 258 g/mol. The summed E-state index contributed by atoms with van der Waals surface area (Å²) in [6.45, 7) is 7.50. The van der Waals surface area contributed by atoms with Gasteiger partial charge in [-0.15, -0.1) is 0 Å². The molecule has 0 spiro atoms. The van der Waals surface area contributed by atoms with Gasteiger partial charge in [-0.05, 0) is 24.9 Å². The zero-order valence-electron chi connectivity index (χ0n) is 12.7. The maximum atomic E-state index is 14.3. The second-order valence-corrected chi connectivity index (χ2v) is 6.15. The predicted molar refractivity (Wildman–Crippen MR) is 79.9 cm³/mol. The van der Waals surface area contributed by atoms with Crippen molar-refractivity contribution in [2.45, 2.75) is 33.1 Å². The second-order valence-electron chi connectivity index (χ2n) is 6.15. The van der Waals surface area contributed by atoms with E-state index >= 15 is 0 Å². The van der Waals surface area contributed by atoms with Crippen LogP contribution in [-0.4, -0.2) is 31.1 Å². The van der Waals surface area contributed by atoms with Crippen LogP contribution in [0.15, 0.2) is 30.3 Å². The van der Waals surface area contributed by atoms with E-state index in [2.05, 4.69) is 0 Å². The third kappa shape index (κ3) is 5.17. The molecule has 0 fully saturated rings. The van der Waals surface area contributed by atoms with Crippen LogP contribution < -0.4 is 5.73 Å². The number of nitrogens with zero attached hydrogens (tertiary/aromatic N) is 1. The van der Waals surface area contributed by atoms with Crippen molar-refractivity contribution < 1.29 is 8.78 Å². The monoisotopic (exact) mass is 284 g/mol. The van der Waals surface area contributed by atoms with Gasteiger partial charge in [-0.2, -0.15) is 8.78 Å². The normalized spacial score (nSPS) is 12.9. The van der Waals surface area contributed by atoms with Crippen LogP contribution in [-0.2, 0) is 5.92 Å². The minimum absolute atomic E-state index is 0.0756. The molecule has 1 rings (SSSR count). The van der Waals surface area contributed by atoms with E-state index in [1.165, 1.54) is 12.1 Å². The van der Waals surface area contributed by atoms with Gasteiger partial charge in [0.05, 0.1) is 6.54 Å². The minimum atomic E-state index is -2.83. The third-order valence-electron chi connectivity index (χ3n) is 3.36. The summed E-state index contributed by atoms with van der Waals surface area (Å²) in [7, 11) is 0. The Labute approximate surface area is 121 Å². The molecule has 1 aromatic carbocycles. The van der Waals surface area contributed by atoms with Gasteiger partial charge in [0, 0.05) is 12.1 Å². The van der Waals surface area contributed by atoms with Gasteiger partial charge >= 0.3 is 0 Å². The van der Waals surface area contributed by atoms with E-state index in [1.54, 1.807) is 18.2 Å². The Hall–Kier alpha value is -1.00. The van der Waals surface area contributed by atoms with E-state index in [4.69, 9.17) is 5.73 Å². The molecule has 0 aliphatic rings. The number of alkyl halides is 2. The Kier molecular flexibility index (Phi) is 6.08. The molecule has 1 aromatic rings. The van der Waals surface area contributed by atoms with Crippen LogP contribution >= 0.6 is 0 Å². The first-order valence-corrected chi connectivity index (χ1v) is 7.16. The fourth-order valence-electron chi connectivity index (χ4n) is 2.25. The van der Waals surface area contributed by atoms with Crippen molar-refractivity contribution >= 4 is 0 Å². The summed E-state index contributed by atoms with van der Waals surface area (Å²) in [5.41, 5.74) is 5.64. The van der Waals surface area contributed by atoms with Crippen LogP contribution in [0.2, 0.25) is 0 Å². The largest absolute Gasteiger partial charge is 0.330 e. The number of halogens is 2. The Morgan fingerprint density at radius 2 is 1.70 bits per heavy atom. The molecule has 0 aromatic heterocycles. The molecule has 114 valence electrons. The molecular formula is C16H26F2N2. The molecule has 0 amide bonds. The summed E-state index contributed by atoms with van der Waals surface area (Å²) < 4.78 is 28.7. The van der Waals surface area contributed by atoms with Gasteiger partial charge < -0.3 is 5.73 Å². The molecule has 0 saturated carbocycles. The first-order valence-electron chi connectivity index (χ1n) is 7.16. The Morgan fingerprint density at radius 3 is 2.20 bits per heavy atom. The molecule has 0 aliphatic carbocycles. The van der Waals surface area contributed by atoms with Crippen LogP contribution in [0.3, 0.4) is 0 Å². The van der Waals surface area contributed by atoms with E-state index in [0.29, 0.717) is 19.6 Å². The molecule has 2 N–H and O–H groups in total. The molecule has 0 heterocycles. The van der Waals surface area contributed by atoms with Crippen molar-refractivity contribution in [1.82, 2.24) is 4.90 Å². The topological polar surface area (TPSA) is 29.3 Å². The highest BCUT2D eigenvalue weighted by atomic mass is 19.3. The molecule has 20 heavy (non-hydrogen) atoms. The SMILES string of the molecule is CCCN(CC(C)(C)CN)CC(F)(F)c1ccccc1. The molecule has 0 atom stereocenters. The van der Waals surface area contributed by atoms with Crippen LogP contribution in [0.4, 0.5) is 8.78 Å². The van der Waals surface area contributed by atoms with Crippen molar-refractivity contribution in [3.8, 4) is 0 Å². The van der Waals surface area contributed by atoms with Crippen molar-refractivity contribution in [2.75, 3.05) is 26.2 Å². The van der Waals surface area contributed by atoms with Gasteiger partial charge in [0.15, 0.2) is 0 Å². The lowest BCUT2D eigenvalue weighted by Crippen LogP contribution is -2.43. The van der Waals surface area contributed by atoms with Gasteiger partial charge in [-0.3, -0.25) is 4.90 Å². The van der Waals surface area contributed by atoms with Gasteiger partial charge in [-0.1, -0.05) is 51.1 Å². The standard InChI is InChI=1S/C16H26F2N2/c1-4-10-20(12-15(2,3)11-19)13-16(17,18)14-8-6-5-7-9-14/h5-9H,4,10-13,19H2,1-3H3. The van der Waals surface area contributed by atoms with Gasteiger partial charge in [-0.25, -0.2) is 0 Å². The van der Waals surface area contributed by atoms with Gasteiger partial charge in [0.2, 0.25) is 0 Å². The average molecular weight is 284 g/mol. The zero-order valence-corrected chi connectivity index (χ0v) is 12.7. The number of hydrogen-bond acceptors (Lipinski definition) is 2. The smallest absolute Gasteiger partial charge is 0.285 e. The molecule has 0 aliphatic heterocycles. The van der Waals surface area contributed by atoms with Crippen molar-refractivity contribution in [1.29, 1.82) is 0 Å². The van der Waals surface area contributed by atoms with Crippen LogP contribution in [0.5, 0.6) is 0 Å². The number of nitrogens with two attached hydrogens (primary N) is 1. The number of hydrogen-bond donors (Lipinski definition) is 1. The maximum absolute atomic E-state index is 14.3. The Bertz CT molecular complexity index is 391. The Morgan fingerprint density at radius 1 is 1.10 bits per heavy atom. The van der Waals surface area contributed by atoms with Crippen LogP contribution in [0, 0.1) is 5.41 Å². The quantitative estimate of drug-likeness (QED) is 0.792. The second kappa shape index (κ2) is 7.14. The summed E-state index contributed by atoms with van der Waals surface area (Å²) in [5, 5.41) is 0. The predicted octanol–water partition coefficient (Wildman–Crippen LogP) is 3.48. The summed E-state index contributed by atoms with van der Waals surface area (Å²) in [4.78, 5) is 1.82. The highest BCUT2D eigenvalue weighted by Gasteiger charge is 2.35. The lowest BCUT2D eigenvalue weighted by atomic mass is 9.92. The highest BCUT2D eigenvalue weighted by Crippen LogP contribution is 2.30. The Balaban J connectivity index is 2.79. The minimum Gasteiger partial charge on any atom is -0.330 e. The van der Waals surface area contributed by atoms with E-state index in [1.807, 2.05) is 25.7 Å². The number of benzene rings is 1. The van der Waals surface area contributed by atoms with Gasteiger partial charge in [0.1, 0.15) is 0 Å². The molecule has 4 heteroatoms. The van der Waals surface area contributed by atoms with E-state index in [9.17, 15) is 8.78 Å².